The van der Waals surface area contributed by atoms with Crippen LogP contribution >= 0.6 is 23.1 Å². The predicted molar refractivity (Wildman–Crippen MR) is 76.2 cm³/mol. The van der Waals surface area contributed by atoms with Gasteiger partial charge >= 0.3 is 0 Å². The molecule has 0 spiro atoms. The molecule has 0 aliphatic heterocycles. The molecule has 5 heteroatoms. The van der Waals surface area contributed by atoms with E-state index in [0.29, 0.717) is 5.92 Å². The zero-order valence-corrected chi connectivity index (χ0v) is 12.7. The van der Waals surface area contributed by atoms with E-state index in [-0.39, 0.29) is 5.41 Å². The fourth-order valence-corrected chi connectivity index (χ4v) is 2.33. The molecule has 0 unspecified atom stereocenters. The quantitative estimate of drug-likeness (QED) is 0.761. The van der Waals surface area contributed by atoms with Crippen LogP contribution in [0, 0.1) is 5.41 Å². The van der Waals surface area contributed by atoms with Gasteiger partial charge in [0, 0.05) is 29.9 Å². The van der Waals surface area contributed by atoms with E-state index in [4.69, 9.17) is 11.6 Å². The van der Waals surface area contributed by atoms with Crippen LogP contribution < -0.4 is 5.32 Å². The van der Waals surface area contributed by atoms with Crippen LogP contribution in [0.4, 0.5) is 5.13 Å². The number of nitrogens with one attached hydrogen (secondary N) is 1. The molecule has 1 aromatic rings. The van der Waals surface area contributed by atoms with Gasteiger partial charge in [0.05, 0.1) is 0 Å². The summed E-state index contributed by atoms with van der Waals surface area (Å²) in [5.74, 6) is 2.06. The van der Waals surface area contributed by atoms with Crippen LogP contribution in [0.5, 0.6) is 0 Å². The maximum absolute atomic E-state index is 5.72. The van der Waals surface area contributed by atoms with Crippen molar-refractivity contribution in [3.63, 3.8) is 0 Å². The van der Waals surface area contributed by atoms with Gasteiger partial charge in [0.2, 0.25) is 5.13 Å². The predicted octanol–water partition coefficient (Wildman–Crippen LogP) is 4.12. The topological polar surface area (TPSA) is 37.8 Å². The van der Waals surface area contributed by atoms with Gasteiger partial charge in [-0.05, 0) is 18.3 Å². The summed E-state index contributed by atoms with van der Waals surface area (Å²) in [6, 6.07) is 0. The average molecular weight is 276 g/mol. The first kappa shape index (κ1) is 14.7. The van der Waals surface area contributed by atoms with E-state index in [2.05, 4.69) is 42.4 Å². The molecule has 98 valence electrons. The molecule has 0 aromatic carbocycles. The lowest BCUT2D eigenvalue weighted by molar-refractivity contribution is 0.355. The minimum Gasteiger partial charge on any atom is -0.360 e. The normalized spacial score (nSPS) is 12.1. The first-order chi connectivity index (χ1) is 7.94. The summed E-state index contributed by atoms with van der Waals surface area (Å²) in [5.41, 5.74) is 0.249. The summed E-state index contributed by atoms with van der Waals surface area (Å²) in [4.78, 5) is 4.46. The molecule has 1 aromatic heterocycles. The number of nitrogens with zero attached hydrogens (tertiary/aromatic N) is 2. The molecule has 0 radical (unpaired) electrons. The SMILES string of the molecule is CC(C)c1nsc(NCC(C)(C)CCCCl)n1. The van der Waals surface area contributed by atoms with Crippen molar-refractivity contribution in [3.8, 4) is 0 Å². The van der Waals surface area contributed by atoms with E-state index in [9.17, 15) is 0 Å². The molecular formula is C12H22ClN3S. The first-order valence-corrected chi connectivity index (χ1v) is 7.39. The van der Waals surface area contributed by atoms with E-state index in [1.54, 1.807) is 0 Å². The molecule has 1 rings (SSSR count). The third-order valence-electron chi connectivity index (χ3n) is 2.66. The summed E-state index contributed by atoms with van der Waals surface area (Å²) < 4.78 is 4.33. The fraction of sp³-hybridized carbons (Fsp3) is 0.833. The number of rotatable bonds is 7. The Morgan fingerprint density at radius 1 is 1.41 bits per heavy atom. The molecular weight excluding hydrogens is 254 g/mol. The zero-order chi connectivity index (χ0) is 12.9. The number of anilines is 1. The molecule has 0 aliphatic rings. The Bertz CT molecular complexity index is 336. The van der Waals surface area contributed by atoms with Gasteiger partial charge in [-0.25, -0.2) is 4.98 Å². The van der Waals surface area contributed by atoms with E-state index >= 15 is 0 Å². The largest absolute Gasteiger partial charge is 0.360 e. The maximum Gasteiger partial charge on any atom is 0.202 e. The van der Waals surface area contributed by atoms with Crippen molar-refractivity contribution in [1.29, 1.82) is 0 Å². The van der Waals surface area contributed by atoms with Crippen molar-refractivity contribution < 1.29 is 0 Å². The van der Waals surface area contributed by atoms with Gasteiger partial charge in [0.1, 0.15) is 5.82 Å². The lowest BCUT2D eigenvalue weighted by atomic mass is 9.88. The summed E-state index contributed by atoms with van der Waals surface area (Å²) in [5, 5.41) is 4.29. The number of hydrogen-bond donors (Lipinski definition) is 1. The Morgan fingerprint density at radius 3 is 2.65 bits per heavy atom. The minimum atomic E-state index is 0.249. The molecule has 0 saturated carbocycles. The van der Waals surface area contributed by atoms with Gasteiger partial charge in [-0.1, -0.05) is 27.7 Å². The van der Waals surface area contributed by atoms with E-state index in [1.165, 1.54) is 11.5 Å². The van der Waals surface area contributed by atoms with Gasteiger partial charge in [-0.2, -0.15) is 4.37 Å². The van der Waals surface area contributed by atoms with Crippen LogP contribution in [0.25, 0.3) is 0 Å². The Labute approximate surface area is 113 Å². The lowest BCUT2D eigenvalue weighted by Crippen LogP contribution is -2.23. The minimum absolute atomic E-state index is 0.249. The third kappa shape index (κ3) is 5.21. The highest BCUT2D eigenvalue weighted by atomic mass is 35.5. The van der Waals surface area contributed by atoms with Crippen LogP contribution in [0.1, 0.15) is 52.3 Å². The number of aromatic nitrogens is 2. The zero-order valence-electron chi connectivity index (χ0n) is 11.1. The molecule has 0 atom stereocenters. The fourth-order valence-electron chi connectivity index (χ4n) is 1.49. The van der Waals surface area contributed by atoms with Crippen LogP contribution in [0.2, 0.25) is 0 Å². The summed E-state index contributed by atoms with van der Waals surface area (Å²) in [7, 11) is 0. The second kappa shape index (κ2) is 6.55. The van der Waals surface area contributed by atoms with Crippen molar-refractivity contribution >= 4 is 28.3 Å². The Morgan fingerprint density at radius 2 is 2.12 bits per heavy atom. The number of halogens is 1. The molecule has 3 nitrogen and oxygen atoms in total. The average Bonchev–Trinajstić information content (AvgIpc) is 2.73. The van der Waals surface area contributed by atoms with Gasteiger partial charge in [0.25, 0.3) is 0 Å². The van der Waals surface area contributed by atoms with Crippen molar-refractivity contribution in [2.75, 3.05) is 17.7 Å². The van der Waals surface area contributed by atoms with Gasteiger partial charge in [-0.3, -0.25) is 0 Å². The molecule has 0 aliphatic carbocycles. The highest BCUT2D eigenvalue weighted by molar-refractivity contribution is 7.09. The monoisotopic (exact) mass is 275 g/mol. The summed E-state index contributed by atoms with van der Waals surface area (Å²) in [6.07, 6.45) is 2.18. The molecule has 1 N–H and O–H groups in total. The van der Waals surface area contributed by atoms with Crippen molar-refractivity contribution in [1.82, 2.24) is 9.36 Å². The maximum atomic E-state index is 5.72. The standard InChI is InChI=1S/C12H22ClN3S/c1-9(2)10-15-11(17-16-10)14-8-12(3,4)6-5-7-13/h9H,5-8H2,1-4H3,(H,14,15,16). The molecule has 1 heterocycles. The van der Waals surface area contributed by atoms with E-state index in [1.807, 2.05) is 0 Å². The third-order valence-corrected chi connectivity index (χ3v) is 3.62. The van der Waals surface area contributed by atoms with Crippen LogP contribution in [-0.2, 0) is 0 Å². The number of alkyl halides is 1. The lowest BCUT2D eigenvalue weighted by Gasteiger charge is -2.24. The van der Waals surface area contributed by atoms with Crippen molar-refractivity contribution in [2.45, 2.75) is 46.5 Å². The smallest absolute Gasteiger partial charge is 0.202 e. The van der Waals surface area contributed by atoms with Gasteiger partial charge in [-0.15, -0.1) is 11.6 Å². The summed E-state index contributed by atoms with van der Waals surface area (Å²) >= 11 is 7.17. The van der Waals surface area contributed by atoms with E-state index < -0.39 is 0 Å². The van der Waals surface area contributed by atoms with Crippen LogP contribution in [0.3, 0.4) is 0 Å². The second-order valence-corrected chi connectivity index (χ2v) is 6.55. The highest BCUT2D eigenvalue weighted by Gasteiger charge is 2.18. The molecule has 0 bridgehead atoms. The van der Waals surface area contributed by atoms with E-state index in [0.717, 1.165) is 36.2 Å². The van der Waals surface area contributed by atoms with Crippen molar-refractivity contribution in [2.24, 2.45) is 5.41 Å². The molecule has 0 saturated heterocycles. The van der Waals surface area contributed by atoms with Gasteiger partial charge < -0.3 is 5.32 Å². The van der Waals surface area contributed by atoms with Gasteiger partial charge in [0.15, 0.2) is 0 Å². The highest BCUT2D eigenvalue weighted by Crippen LogP contribution is 2.24. The van der Waals surface area contributed by atoms with Crippen LogP contribution in [0.15, 0.2) is 0 Å². The Hall–Kier alpha value is -0.350. The van der Waals surface area contributed by atoms with Crippen molar-refractivity contribution in [3.05, 3.63) is 5.82 Å². The second-order valence-electron chi connectivity index (χ2n) is 5.42. The molecule has 17 heavy (non-hydrogen) atoms. The first-order valence-electron chi connectivity index (χ1n) is 6.08. The molecule has 0 fully saturated rings. The molecule has 0 amide bonds. The van der Waals surface area contributed by atoms with Crippen LogP contribution in [-0.4, -0.2) is 21.8 Å². The number of hydrogen-bond acceptors (Lipinski definition) is 4. The summed E-state index contributed by atoms with van der Waals surface area (Å²) in [6.45, 7) is 9.62. The Kier molecular flexibility index (Phi) is 5.67. The Balaban J connectivity index is 2.43.